The van der Waals surface area contributed by atoms with E-state index in [0.717, 1.165) is 12.3 Å². The molecule has 3 nitrogen and oxygen atoms in total. The Morgan fingerprint density at radius 1 is 1.19 bits per heavy atom. The van der Waals surface area contributed by atoms with E-state index in [1.165, 1.54) is 19.3 Å². The molecule has 0 amide bonds. The van der Waals surface area contributed by atoms with Crippen LogP contribution < -0.4 is 0 Å². The van der Waals surface area contributed by atoms with Gasteiger partial charge in [-0.3, -0.25) is 4.79 Å². The topological polar surface area (TPSA) is 35.5 Å². The lowest BCUT2D eigenvalue weighted by atomic mass is 9.98. The SMILES string of the molecule is CC(OC(=O)C(C)C)OC1CC2CCC1C2. The number of fused-ring (bicyclic) bond motifs is 2. The van der Waals surface area contributed by atoms with E-state index in [4.69, 9.17) is 9.47 Å². The number of carbonyl (C=O) groups excluding carboxylic acids is 1. The van der Waals surface area contributed by atoms with Crippen molar-refractivity contribution in [2.75, 3.05) is 0 Å². The monoisotopic (exact) mass is 226 g/mol. The summed E-state index contributed by atoms with van der Waals surface area (Å²) in [7, 11) is 0. The van der Waals surface area contributed by atoms with E-state index in [9.17, 15) is 4.79 Å². The van der Waals surface area contributed by atoms with E-state index in [-0.39, 0.29) is 18.2 Å². The lowest BCUT2D eigenvalue weighted by Crippen LogP contribution is -2.29. The first kappa shape index (κ1) is 11.9. The van der Waals surface area contributed by atoms with Gasteiger partial charge in [0.2, 0.25) is 0 Å². The van der Waals surface area contributed by atoms with Gasteiger partial charge in [0.1, 0.15) is 0 Å². The number of hydrogen-bond donors (Lipinski definition) is 0. The molecule has 2 aliphatic carbocycles. The first-order chi connectivity index (χ1) is 7.56. The molecule has 3 heteroatoms. The molecule has 0 N–H and O–H groups in total. The highest BCUT2D eigenvalue weighted by molar-refractivity contribution is 5.71. The van der Waals surface area contributed by atoms with Gasteiger partial charge in [-0.1, -0.05) is 13.8 Å². The van der Waals surface area contributed by atoms with Crippen LogP contribution in [0.1, 0.15) is 46.5 Å². The van der Waals surface area contributed by atoms with Gasteiger partial charge in [0.15, 0.2) is 6.29 Å². The minimum absolute atomic E-state index is 0.0777. The molecule has 0 aromatic carbocycles. The molecule has 4 unspecified atom stereocenters. The van der Waals surface area contributed by atoms with Gasteiger partial charge in [-0.2, -0.15) is 0 Å². The number of carbonyl (C=O) groups is 1. The van der Waals surface area contributed by atoms with Crippen molar-refractivity contribution in [2.45, 2.75) is 58.8 Å². The molecule has 2 fully saturated rings. The summed E-state index contributed by atoms with van der Waals surface area (Å²) in [6, 6.07) is 0. The summed E-state index contributed by atoms with van der Waals surface area (Å²) in [6.45, 7) is 5.51. The molecule has 0 aromatic heterocycles. The molecule has 2 rings (SSSR count). The fourth-order valence-corrected chi connectivity index (χ4v) is 2.93. The molecular weight excluding hydrogens is 204 g/mol. The Labute approximate surface area is 97.5 Å². The van der Waals surface area contributed by atoms with Crippen LogP contribution in [0.5, 0.6) is 0 Å². The van der Waals surface area contributed by atoms with E-state index in [1.807, 2.05) is 20.8 Å². The lowest BCUT2D eigenvalue weighted by Gasteiger charge is -2.25. The molecule has 16 heavy (non-hydrogen) atoms. The van der Waals surface area contributed by atoms with Crippen molar-refractivity contribution in [3.05, 3.63) is 0 Å². The van der Waals surface area contributed by atoms with Crippen molar-refractivity contribution in [2.24, 2.45) is 17.8 Å². The van der Waals surface area contributed by atoms with E-state index < -0.39 is 0 Å². The van der Waals surface area contributed by atoms with Crippen LogP contribution >= 0.6 is 0 Å². The molecular formula is C13H22O3. The Hall–Kier alpha value is -0.570. The molecule has 0 aliphatic heterocycles. The zero-order chi connectivity index (χ0) is 11.7. The van der Waals surface area contributed by atoms with Gasteiger partial charge in [0.25, 0.3) is 0 Å². The molecule has 2 aliphatic rings. The zero-order valence-electron chi connectivity index (χ0n) is 10.4. The van der Waals surface area contributed by atoms with E-state index in [0.29, 0.717) is 12.0 Å². The van der Waals surface area contributed by atoms with E-state index >= 15 is 0 Å². The number of hydrogen-bond acceptors (Lipinski definition) is 3. The van der Waals surface area contributed by atoms with Crippen LogP contribution in [-0.2, 0) is 14.3 Å². The summed E-state index contributed by atoms with van der Waals surface area (Å²) < 4.78 is 11.0. The van der Waals surface area contributed by atoms with Crippen LogP contribution in [0, 0.1) is 17.8 Å². The van der Waals surface area contributed by atoms with Crippen LogP contribution in [-0.4, -0.2) is 18.4 Å². The average Bonchev–Trinajstić information content (AvgIpc) is 2.78. The van der Waals surface area contributed by atoms with Gasteiger partial charge in [0, 0.05) is 0 Å². The van der Waals surface area contributed by atoms with Gasteiger partial charge in [-0.15, -0.1) is 0 Å². The molecule has 4 atom stereocenters. The summed E-state index contributed by atoms with van der Waals surface area (Å²) in [5.41, 5.74) is 0. The van der Waals surface area contributed by atoms with Crippen molar-refractivity contribution < 1.29 is 14.3 Å². The third kappa shape index (κ3) is 2.57. The number of ether oxygens (including phenoxy) is 2. The van der Waals surface area contributed by atoms with Gasteiger partial charge in [0.05, 0.1) is 12.0 Å². The Kier molecular flexibility index (Phi) is 3.53. The van der Waals surface area contributed by atoms with Crippen LogP contribution in [0.3, 0.4) is 0 Å². The van der Waals surface area contributed by atoms with E-state index in [1.54, 1.807) is 0 Å². The van der Waals surface area contributed by atoms with Crippen molar-refractivity contribution in [3.8, 4) is 0 Å². The van der Waals surface area contributed by atoms with Crippen molar-refractivity contribution >= 4 is 5.97 Å². The highest BCUT2D eigenvalue weighted by Crippen LogP contribution is 2.46. The first-order valence-electron chi connectivity index (χ1n) is 6.42. The summed E-state index contributed by atoms with van der Waals surface area (Å²) in [6.07, 6.45) is 5.07. The smallest absolute Gasteiger partial charge is 0.310 e. The van der Waals surface area contributed by atoms with Crippen LogP contribution in [0.15, 0.2) is 0 Å². The Morgan fingerprint density at radius 2 is 1.94 bits per heavy atom. The largest absolute Gasteiger partial charge is 0.436 e. The fraction of sp³-hybridized carbons (Fsp3) is 0.923. The average molecular weight is 226 g/mol. The van der Waals surface area contributed by atoms with E-state index in [2.05, 4.69) is 0 Å². The van der Waals surface area contributed by atoms with Crippen molar-refractivity contribution in [3.63, 3.8) is 0 Å². The minimum Gasteiger partial charge on any atom is -0.436 e. The molecule has 2 saturated carbocycles. The second-order valence-electron chi connectivity index (χ2n) is 5.51. The fourth-order valence-electron chi connectivity index (χ4n) is 2.93. The van der Waals surface area contributed by atoms with Gasteiger partial charge in [-0.25, -0.2) is 0 Å². The summed E-state index contributed by atoms with van der Waals surface area (Å²) in [5, 5.41) is 0. The normalized spacial score (nSPS) is 34.4. The predicted molar refractivity (Wildman–Crippen MR) is 60.7 cm³/mol. The Balaban J connectivity index is 1.75. The number of rotatable bonds is 4. The maximum atomic E-state index is 11.4. The standard InChI is InChI=1S/C13H22O3/c1-8(2)13(14)16-9(3)15-12-7-10-4-5-11(12)6-10/h8-12H,4-7H2,1-3H3. The second kappa shape index (κ2) is 4.74. The van der Waals surface area contributed by atoms with Crippen molar-refractivity contribution in [1.82, 2.24) is 0 Å². The van der Waals surface area contributed by atoms with Crippen LogP contribution in [0.25, 0.3) is 0 Å². The van der Waals surface area contributed by atoms with Crippen molar-refractivity contribution in [1.29, 1.82) is 0 Å². The predicted octanol–water partition coefficient (Wildman–Crippen LogP) is 2.74. The quantitative estimate of drug-likeness (QED) is 0.546. The second-order valence-corrected chi connectivity index (χ2v) is 5.51. The third-order valence-corrected chi connectivity index (χ3v) is 3.79. The first-order valence-corrected chi connectivity index (χ1v) is 6.42. The third-order valence-electron chi connectivity index (χ3n) is 3.79. The summed E-state index contributed by atoms with van der Waals surface area (Å²) in [5.74, 6) is 1.33. The lowest BCUT2D eigenvalue weighted by molar-refractivity contribution is -0.192. The molecule has 92 valence electrons. The molecule has 2 bridgehead atoms. The summed E-state index contributed by atoms with van der Waals surface area (Å²) in [4.78, 5) is 11.4. The highest BCUT2D eigenvalue weighted by atomic mass is 16.7. The van der Waals surface area contributed by atoms with Gasteiger partial charge < -0.3 is 9.47 Å². The Morgan fingerprint density at radius 3 is 2.44 bits per heavy atom. The molecule has 0 aromatic rings. The van der Waals surface area contributed by atoms with Gasteiger partial charge in [-0.05, 0) is 44.4 Å². The highest BCUT2D eigenvalue weighted by Gasteiger charge is 2.41. The maximum Gasteiger partial charge on any atom is 0.310 e. The minimum atomic E-state index is -0.390. The maximum absolute atomic E-state index is 11.4. The molecule has 0 radical (unpaired) electrons. The molecule has 0 heterocycles. The Bertz CT molecular complexity index is 262. The molecule has 0 saturated heterocycles. The zero-order valence-corrected chi connectivity index (χ0v) is 10.4. The molecule has 0 spiro atoms. The van der Waals surface area contributed by atoms with Crippen LogP contribution in [0.2, 0.25) is 0 Å². The number of esters is 1. The van der Waals surface area contributed by atoms with Crippen LogP contribution in [0.4, 0.5) is 0 Å². The van der Waals surface area contributed by atoms with Gasteiger partial charge >= 0.3 is 5.97 Å². The summed E-state index contributed by atoms with van der Waals surface area (Å²) >= 11 is 0.